The highest BCUT2D eigenvalue weighted by molar-refractivity contribution is 5.42. The van der Waals surface area contributed by atoms with Gasteiger partial charge in [0.05, 0.1) is 13.7 Å². The van der Waals surface area contributed by atoms with E-state index >= 15 is 0 Å². The van der Waals surface area contributed by atoms with Crippen LogP contribution >= 0.6 is 0 Å². The second-order valence-electron chi connectivity index (χ2n) is 4.47. The third-order valence-corrected chi connectivity index (χ3v) is 2.89. The Labute approximate surface area is 119 Å². The molecule has 106 valence electrons. The van der Waals surface area contributed by atoms with Crippen molar-refractivity contribution in [2.75, 3.05) is 7.11 Å². The van der Waals surface area contributed by atoms with Crippen molar-refractivity contribution >= 4 is 0 Å². The number of methoxy groups -OCH3 is 1. The molecule has 0 aliphatic carbocycles. The van der Waals surface area contributed by atoms with Gasteiger partial charge in [-0.1, -0.05) is 25.5 Å². The number of aromatic nitrogens is 1. The molecular weight excluding hydrogens is 254 g/mol. The standard InChI is InChI=1S/C16H19NO3/c1-3-6-13-9-12(11-18)10-16(17-13)20-15-8-5-4-7-14(15)19-2/h4-5,7-10,18H,3,6,11H2,1-2H3. The van der Waals surface area contributed by atoms with Gasteiger partial charge in [0.15, 0.2) is 11.5 Å². The summed E-state index contributed by atoms with van der Waals surface area (Å²) in [5.41, 5.74) is 1.72. The molecule has 0 radical (unpaired) electrons. The molecule has 2 aromatic rings. The Kier molecular flexibility index (Phi) is 4.96. The van der Waals surface area contributed by atoms with E-state index in [1.807, 2.05) is 30.3 Å². The number of nitrogens with zero attached hydrogens (tertiary/aromatic N) is 1. The molecule has 0 unspecified atom stereocenters. The lowest BCUT2D eigenvalue weighted by molar-refractivity contribution is 0.280. The van der Waals surface area contributed by atoms with E-state index in [1.54, 1.807) is 13.2 Å². The molecule has 0 aliphatic heterocycles. The number of para-hydroxylation sites is 2. The van der Waals surface area contributed by atoms with Gasteiger partial charge < -0.3 is 14.6 Å². The van der Waals surface area contributed by atoms with Crippen molar-refractivity contribution in [1.29, 1.82) is 0 Å². The summed E-state index contributed by atoms with van der Waals surface area (Å²) >= 11 is 0. The molecule has 0 atom stereocenters. The minimum absolute atomic E-state index is 0.0263. The van der Waals surface area contributed by atoms with Gasteiger partial charge in [0.1, 0.15) is 0 Å². The van der Waals surface area contributed by atoms with Gasteiger partial charge in [-0.05, 0) is 30.2 Å². The lowest BCUT2D eigenvalue weighted by atomic mass is 10.2. The summed E-state index contributed by atoms with van der Waals surface area (Å²) in [5, 5.41) is 9.31. The fourth-order valence-corrected chi connectivity index (χ4v) is 1.96. The molecular formula is C16H19NO3. The predicted octanol–water partition coefficient (Wildman–Crippen LogP) is 3.33. The number of aryl methyl sites for hydroxylation is 1. The first-order chi connectivity index (χ1) is 9.76. The van der Waals surface area contributed by atoms with Crippen LogP contribution in [0.15, 0.2) is 36.4 Å². The van der Waals surface area contributed by atoms with Gasteiger partial charge in [0.25, 0.3) is 0 Å². The third kappa shape index (κ3) is 3.48. The van der Waals surface area contributed by atoms with Crippen LogP contribution in [0.25, 0.3) is 0 Å². The first-order valence-electron chi connectivity index (χ1n) is 6.68. The van der Waals surface area contributed by atoms with Crippen LogP contribution in [0, 0.1) is 0 Å². The third-order valence-electron chi connectivity index (χ3n) is 2.89. The molecule has 1 heterocycles. The molecule has 0 fully saturated rings. The minimum atomic E-state index is -0.0263. The Morgan fingerprint density at radius 1 is 1.15 bits per heavy atom. The first kappa shape index (κ1) is 14.3. The maximum atomic E-state index is 9.31. The molecule has 20 heavy (non-hydrogen) atoms. The second kappa shape index (κ2) is 6.91. The van der Waals surface area contributed by atoms with Crippen molar-refractivity contribution in [3.05, 3.63) is 47.7 Å². The molecule has 1 aromatic carbocycles. The van der Waals surface area contributed by atoms with Crippen molar-refractivity contribution in [3.8, 4) is 17.4 Å². The van der Waals surface area contributed by atoms with Crippen LogP contribution < -0.4 is 9.47 Å². The first-order valence-corrected chi connectivity index (χ1v) is 6.68. The SMILES string of the molecule is CCCc1cc(CO)cc(Oc2ccccc2OC)n1. The second-order valence-corrected chi connectivity index (χ2v) is 4.47. The number of benzene rings is 1. The topological polar surface area (TPSA) is 51.6 Å². The Hall–Kier alpha value is -2.07. The minimum Gasteiger partial charge on any atom is -0.493 e. The molecule has 0 saturated heterocycles. The molecule has 0 bridgehead atoms. The molecule has 4 heteroatoms. The van der Waals surface area contributed by atoms with Crippen molar-refractivity contribution in [2.24, 2.45) is 0 Å². The van der Waals surface area contributed by atoms with Crippen molar-refractivity contribution in [2.45, 2.75) is 26.4 Å². The average Bonchev–Trinajstić information content (AvgIpc) is 2.48. The molecule has 1 N–H and O–H groups in total. The number of ether oxygens (including phenoxy) is 2. The van der Waals surface area contributed by atoms with E-state index in [4.69, 9.17) is 9.47 Å². The smallest absolute Gasteiger partial charge is 0.220 e. The van der Waals surface area contributed by atoms with E-state index in [0.29, 0.717) is 17.4 Å². The van der Waals surface area contributed by atoms with Crippen molar-refractivity contribution < 1.29 is 14.6 Å². The normalized spacial score (nSPS) is 10.3. The van der Waals surface area contributed by atoms with E-state index in [2.05, 4.69) is 11.9 Å². The zero-order chi connectivity index (χ0) is 14.4. The van der Waals surface area contributed by atoms with E-state index in [9.17, 15) is 5.11 Å². The van der Waals surface area contributed by atoms with Crippen LogP contribution in [0.3, 0.4) is 0 Å². The van der Waals surface area contributed by atoms with Crippen LogP contribution in [0.4, 0.5) is 0 Å². The van der Waals surface area contributed by atoms with Gasteiger partial charge in [-0.25, -0.2) is 4.98 Å². The number of hydrogen-bond donors (Lipinski definition) is 1. The van der Waals surface area contributed by atoms with Gasteiger partial charge in [-0.3, -0.25) is 0 Å². The van der Waals surface area contributed by atoms with Crippen molar-refractivity contribution in [3.63, 3.8) is 0 Å². The number of aliphatic hydroxyl groups is 1. The summed E-state index contributed by atoms with van der Waals surface area (Å²) in [4.78, 5) is 4.45. The Balaban J connectivity index is 2.30. The highest BCUT2D eigenvalue weighted by Gasteiger charge is 2.08. The molecule has 4 nitrogen and oxygen atoms in total. The summed E-state index contributed by atoms with van der Waals surface area (Å²) in [7, 11) is 1.60. The van der Waals surface area contributed by atoms with Gasteiger partial charge >= 0.3 is 0 Å². The number of aliphatic hydroxyl groups excluding tert-OH is 1. The quantitative estimate of drug-likeness (QED) is 0.877. The van der Waals surface area contributed by atoms with Crippen molar-refractivity contribution in [1.82, 2.24) is 4.98 Å². The molecule has 2 rings (SSSR count). The highest BCUT2D eigenvalue weighted by atomic mass is 16.5. The summed E-state index contributed by atoms with van der Waals surface area (Å²) in [6.07, 6.45) is 1.85. The van der Waals surface area contributed by atoms with Crippen LogP contribution in [-0.4, -0.2) is 17.2 Å². The fourth-order valence-electron chi connectivity index (χ4n) is 1.96. The zero-order valence-electron chi connectivity index (χ0n) is 11.8. The Morgan fingerprint density at radius 2 is 1.90 bits per heavy atom. The van der Waals surface area contributed by atoms with Crippen LogP contribution in [0.5, 0.6) is 17.4 Å². The monoisotopic (exact) mass is 273 g/mol. The van der Waals surface area contributed by atoms with Crippen LogP contribution in [0.1, 0.15) is 24.6 Å². The predicted molar refractivity (Wildman–Crippen MR) is 77.2 cm³/mol. The van der Waals surface area contributed by atoms with Gasteiger partial charge in [-0.15, -0.1) is 0 Å². The molecule has 1 aromatic heterocycles. The largest absolute Gasteiger partial charge is 0.493 e. The van der Waals surface area contributed by atoms with E-state index in [1.165, 1.54) is 0 Å². The van der Waals surface area contributed by atoms with Gasteiger partial charge in [0, 0.05) is 11.8 Å². The summed E-state index contributed by atoms with van der Waals surface area (Å²) in [6, 6.07) is 11.1. The summed E-state index contributed by atoms with van der Waals surface area (Å²) in [5.74, 6) is 1.74. The fraction of sp³-hybridized carbons (Fsp3) is 0.312. The van der Waals surface area contributed by atoms with Gasteiger partial charge in [0.2, 0.25) is 5.88 Å². The van der Waals surface area contributed by atoms with Crippen LogP contribution in [0.2, 0.25) is 0 Å². The van der Waals surface area contributed by atoms with Crippen LogP contribution in [-0.2, 0) is 13.0 Å². The average molecular weight is 273 g/mol. The van der Waals surface area contributed by atoms with E-state index < -0.39 is 0 Å². The molecule has 0 aliphatic rings. The van der Waals surface area contributed by atoms with Gasteiger partial charge in [-0.2, -0.15) is 0 Å². The number of pyridine rings is 1. The molecule has 0 saturated carbocycles. The number of rotatable bonds is 6. The summed E-state index contributed by atoms with van der Waals surface area (Å²) in [6.45, 7) is 2.07. The lowest BCUT2D eigenvalue weighted by Crippen LogP contribution is -1.98. The molecule has 0 spiro atoms. The summed E-state index contributed by atoms with van der Waals surface area (Å²) < 4.78 is 11.0. The molecule has 0 amide bonds. The lowest BCUT2D eigenvalue weighted by Gasteiger charge is -2.11. The Morgan fingerprint density at radius 3 is 2.55 bits per heavy atom. The van der Waals surface area contributed by atoms with E-state index in [0.717, 1.165) is 24.1 Å². The maximum absolute atomic E-state index is 9.31. The maximum Gasteiger partial charge on any atom is 0.220 e. The number of hydrogen-bond acceptors (Lipinski definition) is 4. The van der Waals surface area contributed by atoms with E-state index in [-0.39, 0.29) is 6.61 Å². The Bertz CT molecular complexity index is 569. The highest BCUT2D eigenvalue weighted by Crippen LogP contribution is 2.30. The zero-order valence-corrected chi connectivity index (χ0v) is 11.8.